The van der Waals surface area contributed by atoms with Crippen LogP contribution in [0, 0.1) is 20.8 Å². The summed E-state index contributed by atoms with van der Waals surface area (Å²) in [6.45, 7) is 5.73. The molecule has 0 fully saturated rings. The Hall–Kier alpha value is -3.87. The molecule has 0 saturated carbocycles. The van der Waals surface area contributed by atoms with Crippen molar-refractivity contribution in [2.75, 3.05) is 5.32 Å². The third-order valence-corrected chi connectivity index (χ3v) is 5.61. The van der Waals surface area contributed by atoms with Crippen molar-refractivity contribution in [3.05, 3.63) is 81.8 Å². The molecule has 0 spiro atoms. The highest BCUT2D eigenvalue weighted by molar-refractivity contribution is 6.09. The second kappa shape index (κ2) is 8.70. The Labute approximate surface area is 186 Å². The van der Waals surface area contributed by atoms with E-state index in [0.717, 1.165) is 28.8 Å². The lowest BCUT2D eigenvalue weighted by atomic mass is 9.93. The Balaban J connectivity index is 1.59. The van der Waals surface area contributed by atoms with Gasteiger partial charge in [0.15, 0.2) is 5.76 Å². The Kier molecular flexibility index (Phi) is 5.81. The van der Waals surface area contributed by atoms with Gasteiger partial charge in [0.25, 0.3) is 11.8 Å². The van der Waals surface area contributed by atoms with Gasteiger partial charge in [0.2, 0.25) is 0 Å². The number of benzene rings is 2. The van der Waals surface area contributed by atoms with Crippen molar-refractivity contribution in [2.45, 2.75) is 40.0 Å². The molecule has 7 heteroatoms. The second-order valence-electron chi connectivity index (χ2n) is 8.00. The molecule has 2 aromatic carbocycles. The van der Waals surface area contributed by atoms with Crippen LogP contribution in [-0.2, 0) is 6.42 Å². The van der Waals surface area contributed by atoms with Gasteiger partial charge in [0.1, 0.15) is 11.5 Å². The average Bonchev–Trinajstić information content (AvgIpc) is 3.12. The third kappa shape index (κ3) is 4.14. The van der Waals surface area contributed by atoms with Crippen LogP contribution in [-0.4, -0.2) is 22.6 Å². The summed E-state index contributed by atoms with van der Waals surface area (Å²) in [6, 6.07) is 12.2. The number of carbonyl (C=O) groups excluding carboxylic acids is 2. The molecule has 3 N–H and O–H groups in total. The molecule has 0 bridgehead atoms. The number of hydrazone groups is 1. The van der Waals surface area contributed by atoms with E-state index in [0.29, 0.717) is 29.9 Å². The fourth-order valence-corrected chi connectivity index (χ4v) is 3.89. The number of hydrogen-bond donors (Lipinski definition) is 3. The molecule has 32 heavy (non-hydrogen) atoms. The van der Waals surface area contributed by atoms with E-state index in [1.165, 1.54) is 12.1 Å². The topological polar surface area (TPSA) is 104 Å². The summed E-state index contributed by atoms with van der Waals surface area (Å²) in [6.07, 6.45) is 2.13. The first-order valence-corrected chi connectivity index (χ1v) is 10.5. The lowest BCUT2D eigenvalue weighted by molar-refractivity contribution is 0.0950. The van der Waals surface area contributed by atoms with Gasteiger partial charge in [0, 0.05) is 23.2 Å². The zero-order chi connectivity index (χ0) is 22.8. The Bertz CT molecular complexity index is 1240. The lowest BCUT2D eigenvalue weighted by Crippen LogP contribution is -2.22. The number of aromatic hydroxyl groups is 1. The van der Waals surface area contributed by atoms with Crippen LogP contribution in [0.2, 0.25) is 0 Å². The van der Waals surface area contributed by atoms with Gasteiger partial charge in [-0.05, 0) is 62.9 Å². The number of phenolic OH excluding ortho intramolecular Hbond substituents is 1. The number of anilines is 1. The number of nitrogens with zero attached hydrogens (tertiary/aromatic N) is 1. The summed E-state index contributed by atoms with van der Waals surface area (Å²) in [5.74, 6) is 0.00679. The normalized spacial score (nSPS) is 14.2. The molecule has 2 amide bonds. The molecular weight excluding hydrogens is 406 g/mol. The summed E-state index contributed by atoms with van der Waals surface area (Å²) >= 11 is 0. The average molecular weight is 431 g/mol. The zero-order valence-corrected chi connectivity index (χ0v) is 18.3. The molecule has 1 aliphatic carbocycles. The number of carbonyl (C=O) groups is 2. The molecule has 0 aliphatic heterocycles. The summed E-state index contributed by atoms with van der Waals surface area (Å²) in [5, 5.41) is 17.1. The number of amides is 2. The van der Waals surface area contributed by atoms with E-state index < -0.39 is 5.91 Å². The number of para-hydroxylation sites is 1. The summed E-state index contributed by atoms with van der Waals surface area (Å²) in [5.41, 5.74) is 7.53. The molecule has 164 valence electrons. The minimum absolute atomic E-state index is 0.112. The van der Waals surface area contributed by atoms with E-state index in [4.69, 9.17) is 4.42 Å². The highest BCUT2D eigenvalue weighted by atomic mass is 16.4. The number of hydrogen-bond acceptors (Lipinski definition) is 5. The van der Waals surface area contributed by atoms with Gasteiger partial charge in [-0.2, -0.15) is 5.10 Å². The maximum Gasteiger partial charge on any atom is 0.291 e. The number of rotatable bonds is 4. The Morgan fingerprint density at radius 3 is 2.59 bits per heavy atom. The fourth-order valence-electron chi connectivity index (χ4n) is 3.89. The molecule has 0 saturated heterocycles. The van der Waals surface area contributed by atoms with Crippen molar-refractivity contribution in [1.82, 2.24) is 5.43 Å². The van der Waals surface area contributed by atoms with Crippen molar-refractivity contribution in [1.29, 1.82) is 0 Å². The van der Waals surface area contributed by atoms with Crippen LogP contribution in [0.15, 0.2) is 52.0 Å². The molecule has 1 aliphatic rings. The van der Waals surface area contributed by atoms with Crippen molar-refractivity contribution in [3.63, 3.8) is 0 Å². The van der Waals surface area contributed by atoms with Crippen LogP contribution in [0.4, 0.5) is 5.69 Å². The SMILES string of the molecule is Cc1ccc(C)c(NC(=O)c2oc3c(c2C)/C(=N/NC(=O)c2ccccc2O)CCC3)c1. The molecule has 0 radical (unpaired) electrons. The highest BCUT2D eigenvalue weighted by Crippen LogP contribution is 2.30. The monoisotopic (exact) mass is 431 g/mol. The second-order valence-corrected chi connectivity index (χ2v) is 8.00. The number of fused-ring (bicyclic) bond motifs is 1. The minimum Gasteiger partial charge on any atom is -0.507 e. The molecule has 0 unspecified atom stereocenters. The van der Waals surface area contributed by atoms with E-state index in [2.05, 4.69) is 15.8 Å². The van der Waals surface area contributed by atoms with Crippen LogP contribution in [0.25, 0.3) is 0 Å². The highest BCUT2D eigenvalue weighted by Gasteiger charge is 2.28. The molecular formula is C25H25N3O4. The lowest BCUT2D eigenvalue weighted by Gasteiger charge is -2.13. The van der Waals surface area contributed by atoms with E-state index >= 15 is 0 Å². The van der Waals surface area contributed by atoms with Crippen molar-refractivity contribution in [2.24, 2.45) is 5.10 Å². The van der Waals surface area contributed by atoms with Crippen LogP contribution in [0.5, 0.6) is 5.75 Å². The van der Waals surface area contributed by atoms with Gasteiger partial charge >= 0.3 is 0 Å². The predicted molar refractivity (Wildman–Crippen MR) is 122 cm³/mol. The standard InChI is InChI=1S/C25H25N3O4/c1-14-11-12-15(2)19(13-14)26-25(31)23-16(3)22-18(8-6-10-21(22)32-23)27-28-24(30)17-7-4-5-9-20(17)29/h4-5,7,9,11-13,29H,6,8,10H2,1-3H3,(H,26,31)(H,28,30)/b27-18+. The molecule has 1 aromatic heterocycles. The van der Waals surface area contributed by atoms with Crippen LogP contribution in [0.1, 0.15) is 61.8 Å². The molecule has 7 nitrogen and oxygen atoms in total. The van der Waals surface area contributed by atoms with Crippen LogP contribution in [0.3, 0.4) is 0 Å². The maximum atomic E-state index is 13.0. The summed E-state index contributed by atoms with van der Waals surface area (Å²) < 4.78 is 5.94. The third-order valence-electron chi connectivity index (χ3n) is 5.61. The van der Waals surface area contributed by atoms with Gasteiger partial charge in [-0.3, -0.25) is 9.59 Å². The van der Waals surface area contributed by atoms with E-state index in [9.17, 15) is 14.7 Å². The quantitative estimate of drug-likeness (QED) is 0.524. The number of nitrogens with one attached hydrogen (secondary N) is 2. The van der Waals surface area contributed by atoms with Gasteiger partial charge in [-0.1, -0.05) is 24.3 Å². The number of aryl methyl sites for hydroxylation is 3. The van der Waals surface area contributed by atoms with Crippen LogP contribution >= 0.6 is 0 Å². The van der Waals surface area contributed by atoms with E-state index in [-0.39, 0.29) is 23.0 Å². The molecule has 3 aromatic rings. The maximum absolute atomic E-state index is 13.0. The largest absolute Gasteiger partial charge is 0.507 e. The molecule has 4 rings (SSSR count). The summed E-state index contributed by atoms with van der Waals surface area (Å²) in [7, 11) is 0. The first-order valence-electron chi connectivity index (χ1n) is 10.5. The van der Waals surface area contributed by atoms with E-state index in [1.807, 2.05) is 39.0 Å². The van der Waals surface area contributed by atoms with E-state index in [1.54, 1.807) is 12.1 Å². The number of phenols is 1. The first-order chi connectivity index (χ1) is 15.3. The van der Waals surface area contributed by atoms with Crippen LogP contribution < -0.4 is 10.7 Å². The number of furan rings is 1. The van der Waals surface area contributed by atoms with Gasteiger partial charge in [0.05, 0.1) is 11.3 Å². The Morgan fingerprint density at radius 1 is 1.03 bits per heavy atom. The van der Waals surface area contributed by atoms with Gasteiger partial charge in [-0.25, -0.2) is 5.43 Å². The fraction of sp³-hybridized carbons (Fsp3) is 0.240. The van der Waals surface area contributed by atoms with Crippen molar-refractivity contribution >= 4 is 23.2 Å². The summed E-state index contributed by atoms with van der Waals surface area (Å²) in [4.78, 5) is 25.4. The molecule has 1 heterocycles. The predicted octanol–water partition coefficient (Wildman–Crippen LogP) is 4.63. The molecule has 0 atom stereocenters. The van der Waals surface area contributed by atoms with Gasteiger partial charge in [-0.15, -0.1) is 0 Å². The Morgan fingerprint density at radius 2 is 1.81 bits per heavy atom. The smallest absolute Gasteiger partial charge is 0.291 e. The minimum atomic E-state index is -0.503. The van der Waals surface area contributed by atoms with Gasteiger partial charge < -0.3 is 14.8 Å². The van der Waals surface area contributed by atoms with Crippen molar-refractivity contribution in [3.8, 4) is 5.75 Å². The zero-order valence-electron chi connectivity index (χ0n) is 18.3. The first kappa shape index (κ1) is 21.4. The van der Waals surface area contributed by atoms with Crippen molar-refractivity contribution < 1.29 is 19.1 Å².